The highest BCUT2D eigenvalue weighted by Crippen LogP contribution is 2.47. The third-order valence-electron chi connectivity index (χ3n) is 11.8. The number of rotatable bonds is 8. The number of hydrogen-bond acceptors (Lipinski definition) is 1. The van der Waals surface area contributed by atoms with Gasteiger partial charge in [-0.05, 0) is 93.2 Å². The molecule has 0 unspecified atom stereocenters. The van der Waals surface area contributed by atoms with Crippen LogP contribution in [0.3, 0.4) is 0 Å². The molecule has 2 nitrogen and oxygen atoms in total. The number of aromatic nitrogens is 1. The second-order valence-electron chi connectivity index (χ2n) is 15.3. The molecule has 0 bridgehead atoms. The predicted octanol–water partition coefficient (Wildman–Crippen LogP) is 16.1. The first-order chi connectivity index (χ1) is 29.8. The third kappa shape index (κ3) is 6.23. The van der Waals surface area contributed by atoms with Crippen molar-refractivity contribution in [2.24, 2.45) is 0 Å². The van der Waals surface area contributed by atoms with Crippen LogP contribution < -0.4 is 4.90 Å². The van der Waals surface area contributed by atoms with Crippen molar-refractivity contribution < 1.29 is 0 Å². The van der Waals surface area contributed by atoms with Gasteiger partial charge in [-0.1, -0.05) is 188 Å². The minimum absolute atomic E-state index is 1.09. The second-order valence-corrected chi connectivity index (χ2v) is 15.3. The Bertz CT molecular complexity index is 3250. The number of benzene rings is 10. The lowest BCUT2D eigenvalue weighted by Gasteiger charge is -2.30. The maximum Gasteiger partial charge on any atom is 0.0541 e. The largest absolute Gasteiger partial charge is 0.309 e. The van der Waals surface area contributed by atoms with E-state index >= 15 is 0 Å². The van der Waals surface area contributed by atoms with Crippen molar-refractivity contribution in [1.82, 2.24) is 4.57 Å². The lowest BCUT2D eigenvalue weighted by atomic mass is 9.94. The van der Waals surface area contributed by atoms with Gasteiger partial charge in [-0.15, -0.1) is 0 Å². The van der Waals surface area contributed by atoms with E-state index in [9.17, 15) is 0 Å². The first-order valence-corrected chi connectivity index (χ1v) is 20.6. The molecule has 10 aromatic carbocycles. The van der Waals surface area contributed by atoms with Crippen LogP contribution in [-0.2, 0) is 0 Å². The molecule has 0 saturated carbocycles. The lowest BCUT2D eigenvalue weighted by molar-refractivity contribution is 1.18. The molecule has 0 amide bonds. The van der Waals surface area contributed by atoms with Crippen molar-refractivity contribution in [3.8, 4) is 50.2 Å². The Hall–Kier alpha value is -7.94. The van der Waals surface area contributed by atoms with Gasteiger partial charge in [-0.2, -0.15) is 0 Å². The van der Waals surface area contributed by atoms with Crippen LogP contribution in [0.15, 0.2) is 243 Å². The first kappa shape index (κ1) is 35.2. The number of nitrogens with zero attached hydrogens (tertiary/aromatic N) is 2. The molecule has 0 fully saturated rings. The van der Waals surface area contributed by atoms with Crippen LogP contribution in [0.2, 0.25) is 0 Å². The highest BCUT2D eigenvalue weighted by Gasteiger charge is 2.22. The van der Waals surface area contributed by atoms with Gasteiger partial charge in [0.05, 0.1) is 28.1 Å². The molecule has 282 valence electrons. The van der Waals surface area contributed by atoms with E-state index in [1.807, 2.05) is 0 Å². The van der Waals surface area contributed by atoms with E-state index in [0.29, 0.717) is 0 Å². The van der Waals surface area contributed by atoms with Gasteiger partial charge >= 0.3 is 0 Å². The summed E-state index contributed by atoms with van der Waals surface area (Å²) in [5.41, 5.74) is 16.2. The fourth-order valence-corrected chi connectivity index (χ4v) is 8.95. The van der Waals surface area contributed by atoms with E-state index < -0.39 is 0 Å². The van der Waals surface area contributed by atoms with E-state index in [4.69, 9.17) is 0 Å². The van der Waals surface area contributed by atoms with Gasteiger partial charge in [-0.3, -0.25) is 0 Å². The summed E-state index contributed by atoms with van der Waals surface area (Å²) >= 11 is 0. The third-order valence-corrected chi connectivity index (χ3v) is 11.8. The summed E-state index contributed by atoms with van der Waals surface area (Å²) in [6.07, 6.45) is 0. The zero-order valence-electron chi connectivity index (χ0n) is 33.0. The lowest BCUT2D eigenvalue weighted by Crippen LogP contribution is -2.12. The maximum atomic E-state index is 2.43. The minimum Gasteiger partial charge on any atom is -0.309 e. The average molecular weight is 765 g/mol. The van der Waals surface area contributed by atoms with Crippen molar-refractivity contribution >= 4 is 49.6 Å². The molecule has 2 heteroatoms. The zero-order chi connectivity index (χ0) is 39.8. The number of para-hydroxylation sites is 5. The molecule has 11 rings (SSSR count). The van der Waals surface area contributed by atoms with Gasteiger partial charge in [0.25, 0.3) is 0 Å². The topological polar surface area (TPSA) is 8.17 Å². The van der Waals surface area contributed by atoms with Crippen molar-refractivity contribution in [3.05, 3.63) is 243 Å². The summed E-state index contributed by atoms with van der Waals surface area (Å²) in [5.74, 6) is 0. The number of hydrogen-bond donors (Lipinski definition) is 0. The van der Waals surface area contributed by atoms with Crippen molar-refractivity contribution in [1.29, 1.82) is 0 Å². The molecule has 0 aliphatic carbocycles. The standard InChI is InChI=1S/C58H40N2/c1-3-18-43(19-4-1)53-40-47(50-24-10-14-28-55(50)60-56-29-15-11-25-51(56)52-26-12-16-30-57(52)60)37-38-58(53)59(48-21-5-2-6-22-48)54-27-13-9-23-49(54)44-34-31-42(32-35-44)46-36-33-41-17-7-8-20-45(41)39-46/h1-40H. The number of fused-ring (bicyclic) bond motifs is 4. The minimum atomic E-state index is 1.09. The van der Waals surface area contributed by atoms with Crippen molar-refractivity contribution in [2.75, 3.05) is 4.90 Å². The molecular formula is C58H40N2. The fourth-order valence-electron chi connectivity index (χ4n) is 8.95. The van der Waals surface area contributed by atoms with E-state index in [2.05, 4.69) is 252 Å². The molecule has 0 saturated heterocycles. The van der Waals surface area contributed by atoms with Crippen LogP contribution in [0.25, 0.3) is 82.8 Å². The molecule has 0 radical (unpaired) electrons. The van der Waals surface area contributed by atoms with Crippen LogP contribution in [-0.4, -0.2) is 4.57 Å². The quantitative estimate of drug-likeness (QED) is 0.150. The summed E-state index contributed by atoms with van der Waals surface area (Å²) in [6, 6.07) is 87.9. The van der Waals surface area contributed by atoms with Crippen LogP contribution in [0.1, 0.15) is 0 Å². The molecule has 0 aliphatic heterocycles. The van der Waals surface area contributed by atoms with Gasteiger partial charge in [0, 0.05) is 33.2 Å². The Morgan fingerprint density at radius 2 is 0.800 bits per heavy atom. The Morgan fingerprint density at radius 1 is 0.283 bits per heavy atom. The Kier molecular flexibility index (Phi) is 8.87. The molecular weight excluding hydrogens is 725 g/mol. The van der Waals surface area contributed by atoms with Gasteiger partial charge < -0.3 is 9.47 Å². The second kappa shape index (κ2) is 15.1. The highest BCUT2D eigenvalue weighted by molar-refractivity contribution is 6.10. The van der Waals surface area contributed by atoms with Crippen molar-refractivity contribution in [2.45, 2.75) is 0 Å². The normalized spacial score (nSPS) is 11.3. The van der Waals surface area contributed by atoms with Crippen LogP contribution >= 0.6 is 0 Å². The van der Waals surface area contributed by atoms with Crippen molar-refractivity contribution in [3.63, 3.8) is 0 Å². The van der Waals surface area contributed by atoms with Gasteiger partial charge in [0.1, 0.15) is 0 Å². The van der Waals surface area contributed by atoms with E-state index in [0.717, 1.165) is 50.6 Å². The van der Waals surface area contributed by atoms with Gasteiger partial charge in [-0.25, -0.2) is 0 Å². The van der Waals surface area contributed by atoms with E-state index in [-0.39, 0.29) is 0 Å². The Morgan fingerprint density at radius 3 is 1.55 bits per heavy atom. The Balaban J connectivity index is 1.07. The summed E-state index contributed by atoms with van der Waals surface area (Å²) in [6.45, 7) is 0. The molecule has 0 aliphatic rings. The molecule has 60 heavy (non-hydrogen) atoms. The van der Waals surface area contributed by atoms with Gasteiger partial charge in [0.2, 0.25) is 0 Å². The van der Waals surface area contributed by atoms with Crippen LogP contribution in [0.5, 0.6) is 0 Å². The maximum absolute atomic E-state index is 2.43. The summed E-state index contributed by atoms with van der Waals surface area (Å²) in [5, 5.41) is 5.01. The molecule has 1 heterocycles. The Labute approximate surface area is 350 Å². The fraction of sp³-hybridized carbons (Fsp3) is 0. The molecule has 0 atom stereocenters. The SMILES string of the molecule is c1ccc(-c2cc(-c3ccccc3-n3c4ccccc4c4ccccc43)ccc2N(c2ccccc2)c2ccccc2-c2ccc(-c3ccc4ccccc4c3)cc2)cc1. The van der Waals surface area contributed by atoms with Gasteiger partial charge in [0.15, 0.2) is 0 Å². The summed E-state index contributed by atoms with van der Waals surface area (Å²) in [4.78, 5) is 2.43. The van der Waals surface area contributed by atoms with Crippen LogP contribution in [0.4, 0.5) is 17.1 Å². The first-order valence-electron chi connectivity index (χ1n) is 20.6. The molecule has 0 spiro atoms. The highest BCUT2D eigenvalue weighted by atomic mass is 15.1. The molecule has 11 aromatic rings. The monoisotopic (exact) mass is 764 g/mol. The smallest absolute Gasteiger partial charge is 0.0541 e. The molecule has 0 N–H and O–H groups in total. The van der Waals surface area contributed by atoms with E-state index in [1.165, 1.54) is 49.3 Å². The van der Waals surface area contributed by atoms with E-state index in [1.54, 1.807) is 0 Å². The summed E-state index contributed by atoms with van der Waals surface area (Å²) < 4.78 is 2.42. The van der Waals surface area contributed by atoms with Crippen LogP contribution in [0, 0.1) is 0 Å². The summed E-state index contributed by atoms with van der Waals surface area (Å²) in [7, 11) is 0. The molecule has 1 aromatic heterocycles. The number of anilines is 3. The average Bonchev–Trinajstić information content (AvgIpc) is 3.67. The zero-order valence-corrected chi connectivity index (χ0v) is 33.0. The predicted molar refractivity (Wildman–Crippen MR) is 255 cm³/mol.